The summed E-state index contributed by atoms with van der Waals surface area (Å²) in [6.07, 6.45) is 0.687. The topological polar surface area (TPSA) is 46.5 Å². The first-order valence-corrected chi connectivity index (χ1v) is 5.33. The minimum Gasteiger partial charge on any atom is -0.495 e. The van der Waals surface area contributed by atoms with Gasteiger partial charge in [-0.15, -0.1) is 0 Å². The SMILES string of the molecule is COc1cc(C(=O)O)ccc1C#CCCS. The molecule has 0 heterocycles. The molecular formula is C12H12O3S. The van der Waals surface area contributed by atoms with Crippen molar-refractivity contribution >= 4 is 18.6 Å². The lowest BCUT2D eigenvalue weighted by atomic mass is 10.1. The molecule has 0 saturated carbocycles. The first-order valence-electron chi connectivity index (χ1n) is 4.70. The fourth-order valence-corrected chi connectivity index (χ4v) is 1.25. The number of hydrogen-bond donors (Lipinski definition) is 2. The van der Waals surface area contributed by atoms with E-state index in [9.17, 15) is 4.79 Å². The number of hydrogen-bond acceptors (Lipinski definition) is 3. The molecule has 0 saturated heterocycles. The van der Waals surface area contributed by atoms with Crippen molar-refractivity contribution in [1.82, 2.24) is 0 Å². The van der Waals surface area contributed by atoms with Crippen LogP contribution < -0.4 is 4.74 Å². The van der Waals surface area contributed by atoms with Crippen molar-refractivity contribution in [2.75, 3.05) is 12.9 Å². The van der Waals surface area contributed by atoms with Gasteiger partial charge < -0.3 is 9.84 Å². The van der Waals surface area contributed by atoms with Gasteiger partial charge >= 0.3 is 5.97 Å². The molecule has 0 bridgehead atoms. The maximum Gasteiger partial charge on any atom is 0.335 e. The average molecular weight is 236 g/mol. The molecule has 0 aromatic heterocycles. The Bertz CT molecular complexity index is 443. The summed E-state index contributed by atoms with van der Waals surface area (Å²) in [6.45, 7) is 0. The van der Waals surface area contributed by atoms with Crippen LogP contribution in [0.2, 0.25) is 0 Å². The molecule has 1 rings (SSSR count). The third-order valence-corrected chi connectivity index (χ3v) is 2.13. The van der Waals surface area contributed by atoms with Gasteiger partial charge in [-0.05, 0) is 18.2 Å². The molecule has 1 aromatic carbocycles. The molecule has 1 aromatic rings. The number of benzene rings is 1. The monoisotopic (exact) mass is 236 g/mol. The Kier molecular flexibility index (Phi) is 4.74. The van der Waals surface area contributed by atoms with E-state index in [0.717, 1.165) is 0 Å². The molecule has 0 aliphatic rings. The first kappa shape index (κ1) is 12.5. The van der Waals surface area contributed by atoms with Crippen LogP contribution in [0, 0.1) is 11.8 Å². The van der Waals surface area contributed by atoms with Gasteiger partial charge in [0, 0.05) is 12.2 Å². The highest BCUT2D eigenvalue weighted by Gasteiger charge is 2.06. The summed E-state index contributed by atoms with van der Waals surface area (Å²) >= 11 is 4.05. The Hall–Kier alpha value is -1.60. The second kappa shape index (κ2) is 6.09. The summed E-state index contributed by atoms with van der Waals surface area (Å²) in [5.74, 6) is 6.03. The minimum absolute atomic E-state index is 0.191. The molecule has 0 atom stereocenters. The molecular weight excluding hydrogens is 224 g/mol. The van der Waals surface area contributed by atoms with Gasteiger partial charge in [-0.1, -0.05) is 11.8 Å². The molecule has 0 fully saturated rings. The zero-order chi connectivity index (χ0) is 12.0. The number of carboxylic acids is 1. The number of aromatic carboxylic acids is 1. The van der Waals surface area contributed by atoms with Crippen molar-refractivity contribution in [3.63, 3.8) is 0 Å². The fraction of sp³-hybridized carbons (Fsp3) is 0.250. The van der Waals surface area contributed by atoms with Gasteiger partial charge in [0.1, 0.15) is 5.75 Å². The number of methoxy groups -OCH3 is 1. The highest BCUT2D eigenvalue weighted by molar-refractivity contribution is 7.80. The molecule has 3 nitrogen and oxygen atoms in total. The Labute approximate surface area is 99.8 Å². The fourth-order valence-electron chi connectivity index (χ4n) is 1.14. The standard InChI is InChI=1S/C12H12O3S/c1-15-11-8-10(12(13)14)6-5-9(11)4-2-3-7-16/h5-6,8,16H,3,7H2,1H3,(H,13,14). The van der Waals surface area contributed by atoms with Crippen LogP contribution in [-0.2, 0) is 0 Å². The van der Waals surface area contributed by atoms with Crippen LogP contribution in [0.4, 0.5) is 0 Å². The van der Waals surface area contributed by atoms with E-state index in [-0.39, 0.29) is 5.56 Å². The first-order chi connectivity index (χ1) is 7.69. The van der Waals surface area contributed by atoms with Crippen molar-refractivity contribution < 1.29 is 14.6 Å². The lowest BCUT2D eigenvalue weighted by Gasteiger charge is -2.04. The minimum atomic E-state index is -0.979. The highest BCUT2D eigenvalue weighted by atomic mass is 32.1. The van der Waals surface area contributed by atoms with Crippen LogP contribution in [0.5, 0.6) is 5.75 Å². The predicted octanol–water partition coefficient (Wildman–Crippen LogP) is 2.06. The second-order valence-corrected chi connectivity index (χ2v) is 3.44. The summed E-state index contributed by atoms with van der Waals surface area (Å²) < 4.78 is 5.08. The van der Waals surface area contributed by atoms with Crippen molar-refractivity contribution in [3.05, 3.63) is 29.3 Å². The van der Waals surface area contributed by atoms with Crippen molar-refractivity contribution in [1.29, 1.82) is 0 Å². The molecule has 0 unspecified atom stereocenters. The summed E-state index contributed by atoms with van der Waals surface area (Å²) in [4.78, 5) is 10.7. The third-order valence-electron chi connectivity index (χ3n) is 1.91. The van der Waals surface area contributed by atoms with Gasteiger partial charge in [-0.2, -0.15) is 12.6 Å². The zero-order valence-electron chi connectivity index (χ0n) is 8.86. The summed E-state index contributed by atoms with van der Waals surface area (Å²) in [5, 5.41) is 8.81. The van der Waals surface area contributed by atoms with Gasteiger partial charge in [0.25, 0.3) is 0 Å². The number of rotatable bonds is 3. The molecule has 0 amide bonds. The smallest absolute Gasteiger partial charge is 0.335 e. The molecule has 4 heteroatoms. The summed E-state index contributed by atoms with van der Waals surface area (Å²) in [6, 6.07) is 4.62. The van der Waals surface area contributed by atoms with E-state index in [4.69, 9.17) is 9.84 Å². The lowest BCUT2D eigenvalue weighted by molar-refractivity contribution is 0.0696. The van der Waals surface area contributed by atoms with Crippen molar-refractivity contribution in [2.24, 2.45) is 0 Å². The highest BCUT2D eigenvalue weighted by Crippen LogP contribution is 2.19. The molecule has 1 N–H and O–H groups in total. The van der Waals surface area contributed by atoms with Gasteiger partial charge in [-0.3, -0.25) is 0 Å². The van der Waals surface area contributed by atoms with Crippen LogP contribution in [-0.4, -0.2) is 23.9 Å². The number of ether oxygens (including phenoxy) is 1. The van der Waals surface area contributed by atoms with Crippen LogP contribution in [0.15, 0.2) is 18.2 Å². The van der Waals surface area contributed by atoms with Crippen LogP contribution in [0.3, 0.4) is 0 Å². The molecule has 16 heavy (non-hydrogen) atoms. The number of carboxylic acid groups (broad SMARTS) is 1. The summed E-state index contributed by atoms with van der Waals surface area (Å²) in [7, 11) is 1.49. The zero-order valence-corrected chi connectivity index (χ0v) is 9.75. The van der Waals surface area contributed by atoms with E-state index in [1.807, 2.05) is 0 Å². The lowest BCUT2D eigenvalue weighted by Crippen LogP contribution is -1.98. The Morgan fingerprint density at radius 2 is 2.31 bits per heavy atom. The molecule has 0 aliphatic carbocycles. The number of thiol groups is 1. The Morgan fingerprint density at radius 3 is 2.88 bits per heavy atom. The largest absolute Gasteiger partial charge is 0.495 e. The molecule has 84 valence electrons. The average Bonchev–Trinajstić information content (AvgIpc) is 2.29. The Morgan fingerprint density at radius 1 is 1.56 bits per heavy atom. The number of carbonyl (C=O) groups is 1. The van der Waals surface area contributed by atoms with E-state index >= 15 is 0 Å². The molecule has 0 spiro atoms. The third kappa shape index (κ3) is 3.21. The van der Waals surface area contributed by atoms with E-state index in [1.165, 1.54) is 19.2 Å². The van der Waals surface area contributed by atoms with E-state index in [2.05, 4.69) is 24.5 Å². The van der Waals surface area contributed by atoms with Crippen LogP contribution in [0.25, 0.3) is 0 Å². The van der Waals surface area contributed by atoms with Gasteiger partial charge in [-0.25, -0.2) is 4.79 Å². The summed E-state index contributed by atoms with van der Waals surface area (Å²) in [5.41, 5.74) is 0.880. The van der Waals surface area contributed by atoms with Crippen molar-refractivity contribution in [2.45, 2.75) is 6.42 Å². The Balaban J connectivity index is 3.03. The van der Waals surface area contributed by atoms with E-state index in [0.29, 0.717) is 23.5 Å². The molecule has 0 radical (unpaired) electrons. The van der Waals surface area contributed by atoms with Crippen molar-refractivity contribution in [3.8, 4) is 17.6 Å². The van der Waals surface area contributed by atoms with Gasteiger partial charge in [0.2, 0.25) is 0 Å². The maximum absolute atomic E-state index is 10.7. The molecule has 0 aliphatic heterocycles. The van der Waals surface area contributed by atoms with Crippen LogP contribution >= 0.6 is 12.6 Å². The van der Waals surface area contributed by atoms with Gasteiger partial charge in [0.15, 0.2) is 0 Å². The van der Waals surface area contributed by atoms with E-state index in [1.54, 1.807) is 6.07 Å². The maximum atomic E-state index is 10.7. The second-order valence-electron chi connectivity index (χ2n) is 3.00. The van der Waals surface area contributed by atoms with E-state index < -0.39 is 5.97 Å². The normalized spacial score (nSPS) is 9.12. The van der Waals surface area contributed by atoms with Gasteiger partial charge in [0.05, 0.1) is 18.2 Å². The quantitative estimate of drug-likeness (QED) is 0.624. The van der Waals surface area contributed by atoms with Crippen LogP contribution in [0.1, 0.15) is 22.3 Å². The predicted molar refractivity (Wildman–Crippen MR) is 65.3 cm³/mol.